The second-order valence-electron chi connectivity index (χ2n) is 7.04. The van der Waals surface area contributed by atoms with E-state index in [9.17, 15) is 24.3 Å². The van der Waals surface area contributed by atoms with Gasteiger partial charge in [0.1, 0.15) is 18.1 Å². The molecule has 2 rings (SSSR count). The largest absolute Gasteiger partial charge is 0.480 e. The molecule has 0 aliphatic rings. The van der Waals surface area contributed by atoms with Crippen LogP contribution in [-0.4, -0.2) is 72.9 Å². The maximum atomic E-state index is 12.7. The molecule has 0 aliphatic heterocycles. The van der Waals surface area contributed by atoms with Gasteiger partial charge in [-0.1, -0.05) is 0 Å². The Balaban J connectivity index is 2.00. The van der Waals surface area contributed by atoms with Crippen molar-refractivity contribution in [3.05, 3.63) is 36.4 Å². The molecule has 0 saturated heterocycles. The van der Waals surface area contributed by atoms with Crippen LogP contribution in [0.15, 0.2) is 25.0 Å². The van der Waals surface area contributed by atoms with E-state index in [0.717, 1.165) is 0 Å². The second kappa shape index (κ2) is 10.9. The Morgan fingerprint density at radius 1 is 0.903 bits per heavy atom. The molecule has 0 bridgehead atoms. The quantitative estimate of drug-likeness (QED) is 0.206. The molecule has 2 aromatic heterocycles. The predicted octanol–water partition coefficient (Wildman–Crippen LogP) is -2.18. The zero-order chi connectivity index (χ0) is 23.0. The Kier molecular flexibility index (Phi) is 8.25. The number of amides is 3. The van der Waals surface area contributed by atoms with E-state index in [1.165, 1.54) is 38.9 Å². The number of carboxylic acid groups (broad SMARTS) is 1. The molecule has 13 nitrogen and oxygen atoms in total. The standard InChI is InChI=1S/C18H26N8O5/c1-9(19)15(27)25-13(3-11-5-20-7-22-11)17(29)24-10(2)16(28)26-14(18(30)31)4-12-6-21-8-23-12/h5-10,13-14H,3-4,19H2,1-2H3,(H,20,22)(H,21,23)(H,24,29)(H,25,27)(H,26,28)(H,30,31). The van der Waals surface area contributed by atoms with Crippen LogP contribution in [0.4, 0.5) is 0 Å². The highest BCUT2D eigenvalue weighted by Crippen LogP contribution is 2.02. The molecule has 8 N–H and O–H groups in total. The molecular weight excluding hydrogens is 408 g/mol. The molecule has 0 fully saturated rings. The monoisotopic (exact) mass is 434 g/mol. The average molecular weight is 434 g/mol. The van der Waals surface area contributed by atoms with Crippen molar-refractivity contribution in [3.8, 4) is 0 Å². The third-order valence-electron chi connectivity index (χ3n) is 4.37. The maximum absolute atomic E-state index is 12.7. The molecule has 168 valence electrons. The number of nitrogens with two attached hydrogens (primary N) is 1. The van der Waals surface area contributed by atoms with Gasteiger partial charge in [-0.2, -0.15) is 0 Å². The van der Waals surface area contributed by atoms with Gasteiger partial charge in [0.25, 0.3) is 0 Å². The lowest BCUT2D eigenvalue weighted by molar-refractivity contribution is -0.142. The zero-order valence-electron chi connectivity index (χ0n) is 17.1. The Morgan fingerprint density at radius 3 is 1.87 bits per heavy atom. The van der Waals surface area contributed by atoms with Gasteiger partial charge in [-0.25, -0.2) is 14.8 Å². The lowest BCUT2D eigenvalue weighted by Gasteiger charge is -2.22. The van der Waals surface area contributed by atoms with Gasteiger partial charge in [0.15, 0.2) is 0 Å². The van der Waals surface area contributed by atoms with Gasteiger partial charge in [0.2, 0.25) is 17.7 Å². The first-order valence-electron chi connectivity index (χ1n) is 9.51. The predicted molar refractivity (Wildman–Crippen MR) is 107 cm³/mol. The van der Waals surface area contributed by atoms with Crippen LogP contribution >= 0.6 is 0 Å². The van der Waals surface area contributed by atoms with E-state index in [-0.39, 0.29) is 12.8 Å². The number of nitrogens with zero attached hydrogens (tertiary/aromatic N) is 2. The second-order valence-corrected chi connectivity index (χ2v) is 7.04. The molecular formula is C18H26N8O5. The number of aromatic nitrogens is 4. The minimum absolute atomic E-state index is 0.00532. The molecule has 0 aromatic carbocycles. The van der Waals surface area contributed by atoms with Crippen molar-refractivity contribution < 1.29 is 24.3 Å². The molecule has 2 aromatic rings. The highest BCUT2D eigenvalue weighted by Gasteiger charge is 2.28. The molecule has 0 saturated carbocycles. The van der Waals surface area contributed by atoms with Crippen LogP contribution in [-0.2, 0) is 32.0 Å². The van der Waals surface area contributed by atoms with Crippen molar-refractivity contribution >= 4 is 23.7 Å². The van der Waals surface area contributed by atoms with Crippen LogP contribution < -0.4 is 21.7 Å². The van der Waals surface area contributed by atoms with Gasteiger partial charge in [-0.05, 0) is 13.8 Å². The number of nitrogens with one attached hydrogen (secondary N) is 5. The fourth-order valence-corrected chi connectivity index (χ4v) is 2.62. The molecule has 4 unspecified atom stereocenters. The van der Waals surface area contributed by atoms with E-state index in [1.807, 2.05) is 0 Å². The summed E-state index contributed by atoms with van der Waals surface area (Å²) in [6.07, 6.45) is 5.87. The Hall–Kier alpha value is -3.74. The van der Waals surface area contributed by atoms with Crippen LogP contribution in [0.1, 0.15) is 25.2 Å². The van der Waals surface area contributed by atoms with E-state index < -0.39 is 47.9 Å². The van der Waals surface area contributed by atoms with Crippen LogP contribution in [0.25, 0.3) is 0 Å². The van der Waals surface area contributed by atoms with Crippen LogP contribution in [0.2, 0.25) is 0 Å². The number of rotatable bonds is 11. The van der Waals surface area contributed by atoms with Crippen molar-refractivity contribution in [2.75, 3.05) is 0 Å². The molecule has 13 heteroatoms. The van der Waals surface area contributed by atoms with Gasteiger partial charge in [0, 0.05) is 36.6 Å². The smallest absolute Gasteiger partial charge is 0.326 e. The topological polar surface area (TPSA) is 208 Å². The summed E-state index contributed by atoms with van der Waals surface area (Å²) in [6, 6.07) is -4.13. The van der Waals surface area contributed by atoms with E-state index in [0.29, 0.717) is 11.4 Å². The van der Waals surface area contributed by atoms with Gasteiger partial charge < -0.3 is 36.8 Å². The molecule has 0 aliphatic carbocycles. The van der Waals surface area contributed by atoms with Crippen LogP contribution in [0, 0.1) is 0 Å². The van der Waals surface area contributed by atoms with Crippen molar-refractivity contribution in [1.82, 2.24) is 35.9 Å². The van der Waals surface area contributed by atoms with Gasteiger partial charge >= 0.3 is 5.97 Å². The first kappa shape index (κ1) is 23.5. The summed E-state index contributed by atoms with van der Waals surface area (Å²) < 4.78 is 0. The number of aliphatic carboxylic acids is 1. The normalized spacial score (nSPS) is 14.7. The van der Waals surface area contributed by atoms with Gasteiger partial charge in [-0.15, -0.1) is 0 Å². The van der Waals surface area contributed by atoms with Crippen LogP contribution in [0.5, 0.6) is 0 Å². The van der Waals surface area contributed by atoms with E-state index in [2.05, 4.69) is 35.9 Å². The Morgan fingerprint density at radius 2 is 1.42 bits per heavy atom. The van der Waals surface area contributed by atoms with Crippen LogP contribution in [0.3, 0.4) is 0 Å². The zero-order valence-corrected chi connectivity index (χ0v) is 17.1. The summed E-state index contributed by atoms with van der Waals surface area (Å²) in [5.74, 6) is -3.10. The number of aromatic amines is 2. The average Bonchev–Trinajstić information content (AvgIpc) is 3.40. The fraction of sp³-hybridized carbons (Fsp3) is 0.444. The maximum Gasteiger partial charge on any atom is 0.326 e. The molecule has 0 spiro atoms. The highest BCUT2D eigenvalue weighted by atomic mass is 16.4. The summed E-state index contributed by atoms with van der Waals surface area (Å²) >= 11 is 0. The number of H-pyrrole nitrogens is 2. The first-order valence-corrected chi connectivity index (χ1v) is 9.51. The lowest BCUT2D eigenvalue weighted by Crippen LogP contribution is -2.56. The lowest BCUT2D eigenvalue weighted by atomic mass is 10.1. The number of carbonyl (C=O) groups is 4. The first-order chi connectivity index (χ1) is 14.7. The summed E-state index contributed by atoms with van der Waals surface area (Å²) in [5.41, 5.74) is 6.68. The number of imidazole rings is 2. The van der Waals surface area contributed by atoms with E-state index >= 15 is 0 Å². The summed E-state index contributed by atoms with van der Waals surface area (Å²) in [4.78, 5) is 61.9. The van der Waals surface area contributed by atoms with Crippen molar-refractivity contribution in [2.45, 2.75) is 50.9 Å². The number of carbonyl (C=O) groups excluding carboxylic acids is 3. The molecule has 31 heavy (non-hydrogen) atoms. The summed E-state index contributed by atoms with van der Waals surface area (Å²) in [7, 11) is 0. The van der Waals surface area contributed by atoms with E-state index in [1.54, 1.807) is 0 Å². The highest BCUT2D eigenvalue weighted by molar-refractivity contribution is 5.94. The molecule has 0 radical (unpaired) electrons. The summed E-state index contributed by atoms with van der Waals surface area (Å²) in [6.45, 7) is 2.88. The van der Waals surface area contributed by atoms with Gasteiger partial charge in [0.05, 0.1) is 18.7 Å². The van der Waals surface area contributed by atoms with Crippen molar-refractivity contribution in [1.29, 1.82) is 0 Å². The van der Waals surface area contributed by atoms with E-state index in [4.69, 9.17) is 5.73 Å². The Bertz CT molecular complexity index is 881. The van der Waals surface area contributed by atoms with Crippen molar-refractivity contribution in [2.24, 2.45) is 5.73 Å². The fourth-order valence-electron chi connectivity index (χ4n) is 2.62. The Labute approximate surface area is 177 Å². The molecule has 3 amide bonds. The summed E-state index contributed by atoms with van der Waals surface area (Å²) in [5, 5.41) is 16.8. The third kappa shape index (κ3) is 7.22. The number of hydrogen-bond donors (Lipinski definition) is 7. The number of carboxylic acids is 1. The van der Waals surface area contributed by atoms with Crippen molar-refractivity contribution in [3.63, 3.8) is 0 Å². The minimum Gasteiger partial charge on any atom is -0.480 e. The minimum atomic E-state index is -1.23. The molecule has 2 heterocycles. The molecule has 4 atom stereocenters. The third-order valence-corrected chi connectivity index (χ3v) is 4.37. The number of hydrogen-bond acceptors (Lipinski definition) is 7. The SMILES string of the molecule is CC(N)C(=O)NC(Cc1cnc[nH]1)C(=O)NC(C)C(=O)NC(Cc1cnc[nH]1)C(=O)O. The van der Waals surface area contributed by atoms with Gasteiger partial charge in [-0.3, -0.25) is 14.4 Å².